The zero-order chi connectivity index (χ0) is 13.2. The van der Waals surface area contributed by atoms with Crippen molar-refractivity contribution in [3.8, 4) is 0 Å². The Hall–Kier alpha value is -1.68. The van der Waals surface area contributed by atoms with E-state index in [0.29, 0.717) is 12.0 Å². The van der Waals surface area contributed by atoms with Gasteiger partial charge in [0.15, 0.2) is 0 Å². The van der Waals surface area contributed by atoms with Crippen LogP contribution in [0.5, 0.6) is 0 Å². The number of nitrogens with two attached hydrogens (primary N) is 1. The topological polar surface area (TPSA) is 43.8 Å². The van der Waals surface area contributed by atoms with Crippen LogP contribution in [0, 0.1) is 5.82 Å². The molecule has 1 unspecified atom stereocenters. The van der Waals surface area contributed by atoms with Crippen molar-refractivity contribution >= 4 is 0 Å². The van der Waals surface area contributed by atoms with Gasteiger partial charge in [-0.05, 0) is 31.9 Å². The maximum Gasteiger partial charge on any atom is 0.128 e. The molecule has 1 heterocycles. The number of halogens is 1. The Morgan fingerprint density at radius 1 is 1.33 bits per heavy atom. The summed E-state index contributed by atoms with van der Waals surface area (Å²) in [7, 11) is 1.90. The van der Waals surface area contributed by atoms with E-state index in [0.717, 1.165) is 12.1 Å². The van der Waals surface area contributed by atoms with Crippen molar-refractivity contribution in [2.24, 2.45) is 12.8 Å². The van der Waals surface area contributed by atoms with Crippen molar-refractivity contribution < 1.29 is 4.39 Å². The molecule has 0 aliphatic carbocycles. The fraction of sp³-hybridized carbons (Fsp3) is 0.357. The highest BCUT2D eigenvalue weighted by Gasteiger charge is 2.24. The number of rotatable bonds is 4. The molecule has 1 aromatic heterocycles. The SMILES string of the molecule is Cn1nccc1CCC(C)(N)c1ccccc1F. The first kappa shape index (κ1) is 12.8. The lowest BCUT2D eigenvalue weighted by Gasteiger charge is -2.25. The summed E-state index contributed by atoms with van der Waals surface area (Å²) in [4.78, 5) is 0. The Labute approximate surface area is 106 Å². The molecule has 0 saturated heterocycles. The quantitative estimate of drug-likeness (QED) is 0.901. The van der Waals surface area contributed by atoms with Gasteiger partial charge in [0, 0.05) is 30.0 Å². The number of nitrogens with zero attached hydrogens (tertiary/aromatic N) is 2. The molecule has 0 aliphatic heterocycles. The summed E-state index contributed by atoms with van der Waals surface area (Å²) in [6.45, 7) is 1.86. The van der Waals surface area contributed by atoms with E-state index in [1.165, 1.54) is 6.07 Å². The predicted molar refractivity (Wildman–Crippen MR) is 69.5 cm³/mol. The first-order chi connectivity index (χ1) is 8.50. The fourth-order valence-electron chi connectivity index (χ4n) is 2.09. The molecule has 2 aromatic rings. The van der Waals surface area contributed by atoms with E-state index in [1.54, 1.807) is 18.3 Å². The largest absolute Gasteiger partial charge is 0.322 e. The molecule has 3 nitrogen and oxygen atoms in total. The third-order valence-corrected chi connectivity index (χ3v) is 3.31. The van der Waals surface area contributed by atoms with E-state index in [-0.39, 0.29) is 5.82 Å². The number of hydrogen-bond acceptors (Lipinski definition) is 2. The van der Waals surface area contributed by atoms with Gasteiger partial charge in [-0.2, -0.15) is 5.10 Å². The first-order valence-electron chi connectivity index (χ1n) is 6.01. The summed E-state index contributed by atoms with van der Waals surface area (Å²) < 4.78 is 15.5. The van der Waals surface area contributed by atoms with Gasteiger partial charge in [0.25, 0.3) is 0 Å². The van der Waals surface area contributed by atoms with Crippen LogP contribution < -0.4 is 5.73 Å². The standard InChI is InChI=1S/C14H18FN3/c1-14(16,12-5-3-4-6-13(12)15)9-7-11-8-10-17-18(11)2/h3-6,8,10H,7,9,16H2,1-2H3. The lowest BCUT2D eigenvalue weighted by Crippen LogP contribution is -2.34. The minimum atomic E-state index is -0.671. The summed E-state index contributed by atoms with van der Waals surface area (Å²) in [6, 6.07) is 8.64. The van der Waals surface area contributed by atoms with Crippen LogP contribution in [0.2, 0.25) is 0 Å². The first-order valence-corrected chi connectivity index (χ1v) is 6.01. The highest BCUT2D eigenvalue weighted by Crippen LogP contribution is 2.25. The smallest absolute Gasteiger partial charge is 0.128 e. The zero-order valence-electron chi connectivity index (χ0n) is 10.7. The van der Waals surface area contributed by atoms with Crippen LogP contribution in [0.15, 0.2) is 36.5 Å². The number of aromatic nitrogens is 2. The molecule has 2 N–H and O–H groups in total. The molecule has 0 radical (unpaired) electrons. The lowest BCUT2D eigenvalue weighted by molar-refractivity contribution is 0.422. The number of hydrogen-bond donors (Lipinski definition) is 1. The normalized spacial score (nSPS) is 14.4. The van der Waals surface area contributed by atoms with Gasteiger partial charge >= 0.3 is 0 Å². The van der Waals surface area contributed by atoms with Gasteiger partial charge in [0.05, 0.1) is 0 Å². The maximum atomic E-state index is 13.7. The Balaban J connectivity index is 2.13. The van der Waals surface area contributed by atoms with Crippen molar-refractivity contribution in [2.75, 3.05) is 0 Å². The molecule has 1 atom stereocenters. The molecular weight excluding hydrogens is 229 g/mol. The average molecular weight is 247 g/mol. The zero-order valence-corrected chi connectivity index (χ0v) is 10.7. The van der Waals surface area contributed by atoms with Crippen molar-refractivity contribution in [1.29, 1.82) is 0 Å². The summed E-state index contributed by atoms with van der Waals surface area (Å²) >= 11 is 0. The van der Waals surface area contributed by atoms with Crippen molar-refractivity contribution in [3.05, 3.63) is 53.6 Å². The highest BCUT2D eigenvalue weighted by atomic mass is 19.1. The Morgan fingerprint density at radius 2 is 2.06 bits per heavy atom. The molecule has 1 aromatic carbocycles. The predicted octanol–water partition coefficient (Wildman–Crippen LogP) is 2.37. The minimum absolute atomic E-state index is 0.243. The Kier molecular flexibility index (Phi) is 3.48. The second kappa shape index (κ2) is 4.90. The van der Waals surface area contributed by atoms with E-state index in [1.807, 2.05) is 30.8 Å². The van der Waals surface area contributed by atoms with Crippen LogP contribution in [-0.2, 0) is 19.0 Å². The summed E-state index contributed by atoms with van der Waals surface area (Å²) in [5.74, 6) is -0.243. The minimum Gasteiger partial charge on any atom is -0.322 e. The molecule has 2 rings (SSSR count). The molecule has 0 spiro atoms. The Bertz CT molecular complexity index is 531. The van der Waals surface area contributed by atoms with Crippen molar-refractivity contribution in [1.82, 2.24) is 9.78 Å². The van der Waals surface area contributed by atoms with E-state index < -0.39 is 5.54 Å². The molecular formula is C14H18FN3. The van der Waals surface area contributed by atoms with Gasteiger partial charge in [-0.1, -0.05) is 18.2 Å². The van der Waals surface area contributed by atoms with Gasteiger partial charge in [0.1, 0.15) is 5.82 Å². The average Bonchev–Trinajstić information content (AvgIpc) is 2.73. The van der Waals surface area contributed by atoms with Crippen LogP contribution in [0.3, 0.4) is 0 Å². The van der Waals surface area contributed by atoms with Crippen LogP contribution in [0.25, 0.3) is 0 Å². The summed E-state index contributed by atoms with van der Waals surface area (Å²) in [6.07, 6.45) is 3.21. The molecule has 4 heteroatoms. The van der Waals surface area contributed by atoms with Crippen LogP contribution >= 0.6 is 0 Å². The lowest BCUT2D eigenvalue weighted by atomic mass is 9.87. The van der Waals surface area contributed by atoms with Gasteiger partial charge < -0.3 is 5.73 Å². The second-order valence-electron chi connectivity index (χ2n) is 4.84. The van der Waals surface area contributed by atoms with Gasteiger partial charge in [-0.15, -0.1) is 0 Å². The van der Waals surface area contributed by atoms with Crippen LogP contribution in [-0.4, -0.2) is 9.78 Å². The van der Waals surface area contributed by atoms with Crippen molar-refractivity contribution in [2.45, 2.75) is 25.3 Å². The third-order valence-electron chi connectivity index (χ3n) is 3.31. The van der Waals surface area contributed by atoms with Gasteiger partial charge in [0.2, 0.25) is 0 Å². The molecule has 0 aliphatic rings. The van der Waals surface area contributed by atoms with Crippen LogP contribution in [0.4, 0.5) is 4.39 Å². The number of benzene rings is 1. The van der Waals surface area contributed by atoms with E-state index in [2.05, 4.69) is 5.10 Å². The Morgan fingerprint density at radius 3 is 2.67 bits per heavy atom. The van der Waals surface area contributed by atoms with E-state index >= 15 is 0 Å². The van der Waals surface area contributed by atoms with Gasteiger partial charge in [-0.3, -0.25) is 4.68 Å². The molecule has 0 saturated carbocycles. The van der Waals surface area contributed by atoms with E-state index in [4.69, 9.17) is 5.73 Å². The van der Waals surface area contributed by atoms with Crippen molar-refractivity contribution in [3.63, 3.8) is 0 Å². The van der Waals surface area contributed by atoms with Gasteiger partial charge in [-0.25, -0.2) is 4.39 Å². The number of aryl methyl sites for hydroxylation is 2. The molecule has 96 valence electrons. The molecule has 0 amide bonds. The monoisotopic (exact) mass is 247 g/mol. The third kappa shape index (κ3) is 2.59. The highest BCUT2D eigenvalue weighted by molar-refractivity contribution is 5.25. The summed E-state index contributed by atoms with van der Waals surface area (Å²) in [5.41, 5.74) is 7.23. The second-order valence-corrected chi connectivity index (χ2v) is 4.84. The fourth-order valence-corrected chi connectivity index (χ4v) is 2.09. The van der Waals surface area contributed by atoms with Crippen LogP contribution in [0.1, 0.15) is 24.6 Å². The molecule has 0 fully saturated rings. The molecule has 18 heavy (non-hydrogen) atoms. The molecule has 0 bridgehead atoms. The maximum absolute atomic E-state index is 13.7. The van der Waals surface area contributed by atoms with E-state index in [9.17, 15) is 4.39 Å². The summed E-state index contributed by atoms with van der Waals surface area (Å²) in [5, 5.41) is 4.11.